The predicted octanol–water partition coefficient (Wildman–Crippen LogP) is 3.73. The van der Waals surface area contributed by atoms with Gasteiger partial charge in [-0.2, -0.15) is 0 Å². The summed E-state index contributed by atoms with van der Waals surface area (Å²) in [4.78, 5) is 0. The number of nitrogens with zero attached hydrogens (tertiary/aromatic N) is 1. The van der Waals surface area contributed by atoms with Crippen LogP contribution in [0.15, 0.2) is 48.5 Å². The molecule has 8 nitrogen and oxygen atoms in total. The molecule has 2 aromatic carbocycles. The summed E-state index contributed by atoms with van der Waals surface area (Å²) in [6.07, 6.45) is 0. The average molecular weight is 494 g/mol. The van der Waals surface area contributed by atoms with Gasteiger partial charge >= 0.3 is 5.88 Å². The van der Waals surface area contributed by atoms with Crippen molar-refractivity contribution in [2.75, 3.05) is 30.7 Å². The van der Waals surface area contributed by atoms with Gasteiger partial charge in [0.25, 0.3) is 0 Å². The highest BCUT2D eigenvalue weighted by atomic mass is 32.2. The fourth-order valence-corrected chi connectivity index (χ4v) is 3.67. The Bertz CT molecular complexity index is 1290. The molecular formula is C23H25F2N3O5S. The summed E-state index contributed by atoms with van der Waals surface area (Å²) in [6.45, 7) is 3.84. The van der Waals surface area contributed by atoms with Gasteiger partial charge in [-0.3, -0.25) is 4.72 Å². The minimum atomic E-state index is -3.57. The van der Waals surface area contributed by atoms with Crippen LogP contribution in [0.4, 0.5) is 14.5 Å². The maximum atomic E-state index is 14.2. The summed E-state index contributed by atoms with van der Waals surface area (Å²) in [5.41, 5.74) is 1.40. The Morgan fingerprint density at radius 3 is 2.47 bits per heavy atom. The molecule has 2 N–H and O–H groups in total. The summed E-state index contributed by atoms with van der Waals surface area (Å²) >= 11 is 0. The van der Waals surface area contributed by atoms with E-state index in [2.05, 4.69) is 10.0 Å². The summed E-state index contributed by atoms with van der Waals surface area (Å²) in [6, 6.07) is 10.4. The van der Waals surface area contributed by atoms with E-state index < -0.39 is 21.7 Å². The van der Waals surface area contributed by atoms with Crippen molar-refractivity contribution in [3.63, 3.8) is 0 Å². The number of halogens is 2. The van der Waals surface area contributed by atoms with E-state index in [9.17, 15) is 22.4 Å². The number of likely N-dealkylation sites (N-methyl/N-ethyl adjacent to an activating group) is 1. The second-order valence-corrected chi connectivity index (χ2v) is 9.37. The Balaban J connectivity index is 2.11. The van der Waals surface area contributed by atoms with Gasteiger partial charge in [-0.05, 0) is 44.3 Å². The van der Waals surface area contributed by atoms with Crippen molar-refractivity contribution in [2.24, 2.45) is 0 Å². The van der Waals surface area contributed by atoms with Crippen LogP contribution in [0.1, 0.15) is 12.6 Å². The lowest BCUT2D eigenvalue weighted by molar-refractivity contribution is -0.619. The smallest absolute Gasteiger partial charge is 0.380 e. The van der Waals surface area contributed by atoms with Gasteiger partial charge in [0.15, 0.2) is 17.3 Å². The van der Waals surface area contributed by atoms with E-state index in [0.717, 1.165) is 12.1 Å². The summed E-state index contributed by atoms with van der Waals surface area (Å²) in [5.74, 6) is -1.82. The van der Waals surface area contributed by atoms with Gasteiger partial charge in [-0.1, -0.05) is 0 Å². The zero-order valence-corrected chi connectivity index (χ0v) is 19.7. The third-order valence-electron chi connectivity index (χ3n) is 4.82. The monoisotopic (exact) mass is 493 g/mol. The Hall–Kier alpha value is -3.44. The molecule has 0 amide bonds. The first-order valence-electron chi connectivity index (χ1n) is 10.4. The van der Waals surface area contributed by atoms with Crippen molar-refractivity contribution >= 4 is 15.7 Å². The lowest BCUT2D eigenvalue weighted by Gasteiger charge is -2.16. The van der Waals surface area contributed by atoms with E-state index in [1.165, 1.54) is 31.2 Å². The highest BCUT2D eigenvalue weighted by molar-refractivity contribution is 7.92. The molecule has 0 aliphatic heterocycles. The average Bonchev–Trinajstić information content (AvgIpc) is 2.79. The Kier molecular flexibility index (Phi) is 7.90. The molecule has 11 heteroatoms. The molecule has 3 aromatic rings. The molecule has 0 aliphatic rings. The molecule has 0 bridgehead atoms. The van der Waals surface area contributed by atoms with Gasteiger partial charge in [0.1, 0.15) is 18.2 Å². The van der Waals surface area contributed by atoms with Crippen LogP contribution in [0, 0.1) is 23.8 Å². The van der Waals surface area contributed by atoms with Gasteiger partial charge in [-0.15, -0.1) is 4.73 Å². The molecule has 1 heterocycles. The number of anilines is 1. The van der Waals surface area contributed by atoms with Crippen molar-refractivity contribution in [3.8, 4) is 28.5 Å². The van der Waals surface area contributed by atoms with Crippen molar-refractivity contribution in [1.82, 2.24) is 5.32 Å². The van der Waals surface area contributed by atoms with E-state index in [0.29, 0.717) is 34.2 Å². The molecule has 182 valence electrons. The molecule has 0 saturated heterocycles. The third kappa shape index (κ3) is 6.12. The molecule has 3 rings (SSSR count). The number of benzene rings is 2. The van der Waals surface area contributed by atoms with E-state index in [-0.39, 0.29) is 35.4 Å². The highest BCUT2D eigenvalue weighted by Gasteiger charge is 2.19. The van der Waals surface area contributed by atoms with Gasteiger partial charge in [-0.25, -0.2) is 17.2 Å². The molecule has 0 aliphatic carbocycles. The number of nitrogens with one attached hydrogen (secondary N) is 2. The van der Waals surface area contributed by atoms with Gasteiger partial charge in [0.05, 0.1) is 11.8 Å². The number of aromatic nitrogens is 1. The van der Waals surface area contributed by atoms with E-state index >= 15 is 0 Å². The molecule has 0 atom stereocenters. The fourth-order valence-electron chi connectivity index (χ4n) is 3.04. The van der Waals surface area contributed by atoms with Crippen LogP contribution in [0.25, 0.3) is 11.1 Å². The van der Waals surface area contributed by atoms with Crippen LogP contribution in [0.5, 0.6) is 17.4 Å². The molecule has 0 fully saturated rings. The zero-order valence-electron chi connectivity index (χ0n) is 18.9. The summed E-state index contributed by atoms with van der Waals surface area (Å²) in [7, 11) is -1.82. The second kappa shape index (κ2) is 10.7. The summed E-state index contributed by atoms with van der Waals surface area (Å²) < 4.78 is 66.1. The minimum Gasteiger partial charge on any atom is -0.616 e. The van der Waals surface area contributed by atoms with Gasteiger partial charge in [0, 0.05) is 42.4 Å². The molecular weight excluding hydrogens is 468 g/mol. The first kappa shape index (κ1) is 25.2. The predicted molar refractivity (Wildman–Crippen MR) is 125 cm³/mol. The third-order valence-corrected chi connectivity index (χ3v) is 6.13. The highest BCUT2D eigenvalue weighted by Crippen LogP contribution is 2.37. The maximum Gasteiger partial charge on any atom is 0.380 e. The van der Waals surface area contributed by atoms with Crippen LogP contribution < -0.4 is 24.2 Å². The normalized spacial score (nSPS) is 11.3. The first-order valence-corrected chi connectivity index (χ1v) is 12.1. The van der Waals surface area contributed by atoms with Gasteiger partial charge < -0.3 is 20.0 Å². The molecule has 0 radical (unpaired) electrons. The molecule has 34 heavy (non-hydrogen) atoms. The molecule has 1 aromatic heterocycles. The van der Waals surface area contributed by atoms with E-state index in [1.54, 1.807) is 20.0 Å². The minimum absolute atomic E-state index is 0.0312. The van der Waals surface area contributed by atoms with E-state index in [1.807, 2.05) is 0 Å². The Labute approximate surface area is 196 Å². The largest absolute Gasteiger partial charge is 0.616 e. The Morgan fingerprint density at radius 2 is 1.79 bits per heavy atom. The number of aryl methyl sites for hydroxylation is 1. The number of rotatable bonds is 10. The molecule has 0 spiro atoms. The van der Waals surface area contributed by atoms with Crippen molar-refractivity contribution in [1.29, 1.82) is 0 Å². The van der Waals surface area contributed by atoms with Crippen molar-refractivity contribution < 1.29 is 31.4 Å². The van der Waals surface area contributed by atoms with Gasteiger partial charge in [0.2, 0.25) is 10.0 Å². The van der Waals surface area contributed by atoms with Crippen LogP contribution in [-0.2, 0) is 10.0 Å². The quantitative estimate of drug-likeness (QED) is 0.254. The van der Waals surface area contributed by atoms with Crippen molar-refractivity contribution in [3.05, 3.63) is 71.1 Å². The van der Waals surface area contributed by atoms with Crippen LogP contribution in [-0.4, -0.2) is 34.4 Å². The Morgan fingerprint density at radius 1 is 1.06 bits per heavy atom. The molecule has 0 unspecified atom stereocenters. The van der Waals surface area contributed by atoms with E-state index in [4.69, 9.17) is 9.47 Å². The van der Waals surface area contributed by atoms with Crippen LogP contribution in [0.2, 0.25) is 0 Å². The lowest BCUT2D eigenvalue weighted by atomic mass is 10.0. The lowest BCUT2D eigenvalue weighted by Crippen LogP contribution is -2.33. The SMILES string of the molecule is CCS(=O)(=O)Nc1ccc(Oc2ccc(F)cc2F)c(-c2cc(C)[n+]([O-])c(OCCNC)c2)c1. The van der Waals surface area contributed by atoms with Crippen LogP contribution >= 0.6 is 0 Å². The summed E-state index contributed by atoms with van der Waals surface area (Å²) in [5, 5.41) is 15.4. The number of pyridine rings is 1. The van der Waals surface area contributed by atoms with Crippen LogP contribution in [0.3, 0.4) is 0 Å². The fraction of sp³-hybridized carbons (Fsp3) is 0.261. The second-order valence-electron chi connectivity index (χ2n) is 7.36. The standard InChI is InChI=1S/C23H25F2N3O5S/c1-4-34(30,31)27-18-6-8-21(33-22-7-5-17(24)13-20(22)25)19(14-18)16-11-15(2)28(29)23(12-16)32-10-9-26-3/h5-8,11-14,26-27H,4,9-10H2,1-3H3. The number of hydrogen-bond acceptors (Lipinski definition) is 6. The first-order chi connectivity index (χ1) is 16.1. The maximum absolute atomic E-state index is 14.2. The topological polar surface area (TPSA) is 104 Å². The van der Waals surface area contributed by atoms with Crippen molar-refractivity contribution in [2.45, 2.75) is 13.8 Å². The number of sulfonamides is 1. The zero-order chi connectivity index (χ0) is 24.9. The molecule has 0 saturated carbocycles. The number of ether oxygens (including phenoxy) is 2. The number of hydrogen-bond donors (Lipinski definition) is 2.